The van der Waals surface area contributed by atoms with Gasteiger partial charge in [-0.15, -0.1) is 0 Å². The second-order valence-corrected chi connectivity index (χ2v) is 8.08. The molecule has 1 amide bonds. The van der Waals surface area contributed by atoms with Crippen LogP contribution >= 0.6 is 0 Å². The van der Waals surface area contributed by atoms with Gasteiger partial charge in [-0.3, -0.25) is 4.90 Å². The van der Waals surface area contributed by atoms with Crippen LogP contribution in [0.15, 0.2) is 66.7 Å². The lowest BCUT2D eigenvalue weighted by molar-refractivity contribution is -0.109. The average molecular weight is 480 g/mol. The fraction of sp³-hybridized carbons (Fsp3) is 0.296. The number of carbonyl (C=O) groups is 1. The number of hydrogen-bond donors (Lipinski definition) is 1. The average Bonchev–Trinajstić information content (AvgIpc) is 3.17. The minimum Gasteiger partial charge on any atom is -0.497 e. The first-order valence-corrected chi connectivity index (χ1v) is 11.1. The van der Waals surface area contributed by atoms with Crippen LogP contribution in [0.2, 0.25) is 0 Å². The number of carbonyl (C=O) groups excluding carboxylic acids is 1. The molecule has 1 aliphatic rings. The van der Waals surface area contributed by atoms with E-state index in [0.29, 0.717) is 40.5 Å². The molecule has 1 fully saturated rings. The summed E-state index contributed by atoms with van der Waals surface area (Å²) in [5, 5.41) is 12.1. The maximum absolute atomic E-state index is 13.1. The van der Waals surface area contributed by atoms with Crippen molar-refractivity contribution in [3.63, 3.8) is 0 Å². The van der Waals surface area contributed by atoms with Crippen LogP contribution in [0.25, 0.3) is 0 Å². The lowest BCUT2D eigenvalue weighted by atomic mass is 9.91. The van der Waals surface area contributed by atoms with Gasteiger partial charge in [-0.05, 0) is 53.9 Å². The van der Waals surface area contributed by atoms with Gasteiger partial charge in [-0.1, -0.05) is 30.3 Å². The lowest BCUT2D eigenvalue weighted by Crippen LogP contribution is -2.46. The first kappa shape index (κ1) is 24.2. The highest BCUT2D eigenvalue weighted by molar-refractivity contribution is 5.72. The molecule has 35 heavy (non-hydrogen) atoms. The zero-order chi connectivity index (χ0) is 25.0. The molecule has 1 N–H and O–H groups in total. The van der Waals surface area contributed by atoms with Crippen LogP contribution in [0.3, 0.4) is 0 Å². The zero-order valence-electron chi connectivity index (χ0n) is 20.2. The number of benzene rings is 3. The van der Waals surface area contributed by atoms with E-state index in [4.69, 9.17) is 23.7 Å². The van der Waals surface area contributed by atoms with E-state index in [1.807, 2.05) is 18.2 Å². The van der Waals surface area contributed by atoms with Crippen molar-refractivity contribution in [1.82, 2.24) is 4.90 Å². The first-order chi connectivity index (χ1) is 16.9. The van der Waals surface area contributed by atoms with Crippen molar-refractivity contribution in [2.45, 2.75) is 18.2 Å². The van der Waals surface area contributed by atoms with E-state index < -0.39 is 17.9 Å². The summed E-state index contributed by atoms with van der Waals surface area (Å²) in [6, 6.07) is 19.6. The van der Waals surface area contributed by atoms with Gasteiger partial charge >= 0.3 is 6.09 Å². The molecule has 8 heteroatoms. The maximum Gasteiger partial charge on any atom is 0.413 e. The zero-order valence-corrected chi connectivity index (χ0v) is 20.2. The van der Waals surface area contributed by atoms with Gasteiger partial charge in [0.25, 0.3) is 0 Å². The SMILES string of the molecule is COc1ccc([C@H]2OC(=O)N(CCc3ccc(OC)c(OC)c3)[C@@]2(O)c2ccc(OC)cc2)cc1. The van der Waals surface area contributed by atoms with Gasteiger partial charge in [0.15, 0.2) is 17.6 Å². The molecular formula is C27H29NO7. The van der Waals surface area contributed by atoms with Crippen LogP contribution in [0, 0.1) is 0 Å². The van der Waals surface area contributed by atoms with Crippen molar-refractivity contribution >= 4 is 6.09 Å². The van der Waals surface area contributed by atoms with Crippen LogP contribution < -0.4 is 18.9 Å². The molecule has 0 radical (unpaired) electrons. The Kier molecular flexibility index (Phi) is 7.02. The van der Waals surface area contributed by atoms with Crippen molar-refractivity contribution in [2.24, 2.45) is 0 Å². The lowest BCUT2D eigenvalue weighted by Gasteiger charge is -2.35. The Labute approximate surface area is 204 Å². The Balaban J connectivity index is 1.69. The standard InChI is InChI=1S/C27H29NO7/c1-31-21-10-6-19(7-11-21)25-27(30,20-8-12-22(32-2)13-9-20)28(26(29)35-25)16-15-18-5-14-23(33-3)24(17-18)34-4/h5-14,17,25,30H,15-16H2,1-4H3/t25-,27-/m1/s1. The minimum absolute atomic E-state index is 0.212. The number of cyclic esters (lactones) is 1. The summed E-state index contributed by atoms with van der Waals surface area (Å²) < 4.78 is 27.0. The molecule has 0 bridgehead atoms. The quantitative estimate of drug-likeness (QED) is 0.490. The fourth-order valence-electron chi connectivity index (χ4n) is 4.29. The first-order valence-electron chi connectivity index (χ1n) is 11.1. The van der Waals surface area contributed by atoms with E-state index >= 15 is 0 Å². The number of ether oxygens (including phenoxy) is 5. The number of hydrogen-bond acceptors (Lipinski definition) is 7. The van der Waals surface area contributed by atoms with Crippen LogP contribution in [-0.2, 0) is 16.9 Å². The topological polar surface area (TPSA) is 86.7 Å². The largest absolute Gasteiger partial charge is 0.497 e. The van der Waals surface area contributed by atoms with Crippen molar-refractivity contribution in [3.05, 3.63) is 83.4 Å². The molecule has 8 nitrogen and oxygen atoms in total. The van der Waals surface area contributed by atoms with E-state index in [9.17, 15) is 9.90 Å². The second kappa shape index (κ2) is 10.1. The highest BCUT2D eigenvalue weighted by Crippen LogP contribution is 2.47. The summed E-state index contributed by atoms with van der Waals surface area (Å²) in [6.07, 6.45) is -1.09. The van der Waals surface area contributed by atoms with Crippen LogP contribution in [0.5, 0.6) is 23.0 Å². The molecular weight excluding hydrogens is 450 g/mol. The summed E-state index contributed by atoms with van der Waals surface area (Å²) in [5.41, 5.74) is 0.331. The van der Waals surface area contributed by atoms with Crippen LogP contribution in [-0.4, -0.2) is 51.1 Å². The van der Waals surface area contributed by atoms with E-state index in [-0.39, 0.29) is 6.54 Å². The van der Waals surface area contributed by atoms with Gasteiger partial charge in [0.2, 0.25) is 5.72 Å². The summed E-state index contributed by atoms with van der Waals surface area (Å²) in [5.74, 6) is 2.51. The summed E-state index contributed by atoms with van der Waals surface area (Å²) >= 11 is 0. The fourth-order valence-corrected chi connectivity index (χ4v) is 4.29. The maximum atomic E-state index is 13.1. The Morgan fingerprint density at radius 3 is 2.00 bits per heavy atom. The van der Waals surface area contributed by atoms with Crippen LogP contribution in [0.1, 0.15) is 22.8 Å². The van der Waals surface area contributed by atoms with E-state index in [0.717, 1.165) is 5.56 Å². The van der Waals surface area contributed by atoms with E-state index in [1.54, 1.807) is 77.0 Å². The van der Waals surface area contributed by atoms with E-state index in [2.05, 4.69) is 0 Å². The number of rotatable bonds is 9. The van der Waals surface area contributed by atoms with Gasteiger partial charge in [0.1, 0.15) is 11.5 Å². The van der Waals surface area contributed by atoms with Crippen LogP contribution in [0.4, 0.5) is 4.79 Å². The molecule has 3 aromatic rings. The molecule has 1 heterocycles. The summed E-state index contributed by atoms with van der Waals surface area (Å²) in [7, 11) is 6.29. The van der Waals surface area contributed by atoms with Crippen molar-refractivity contribution in [3.8, 4) is 23.0 Å². The Hall–Kier alpha value is -3.91. The third-order valence-corrected chi connectivity index (χ3v) is 6.22. The van der Waals surface area contributed by atoms with Crippen molar-refractivity contribution < 1.29 is 33.6 Å². The highest BCUT2D eigenvalue weighted by atomic mass is 16.6. The predicted molar refractivity (Wildman–Crippen MR) is 129 cm³/mol. The third-order valence-electron chi connectivity index (χ3n) is 6.22. The second-order valence-electron chi connectivity index (χ2n) is 8.08. The Bertz CT molecular complexity index is 1160. The minimum atomic E-state index is -1.74. The number of amides is 1. The van der Waals surface area contributed by atoms with Gasteiger partial charge in [-0.2, -0.15) is 0 Å². The predicted octanol–water partition coefficient (Wildman–Crippen LogP) is 4.30. The molecule has 1 aliphatic heterocycles. The van der Waals surface area contributed by atoms with Gasteiger partial charge in [0, 0.05) is 12.1 Å². The number of methoxy groups -OCH3 is 4. The highest BCUT2D eigenvalue weighted by Gasteiger charge is 2.55. The monoisotopic (exact) mass is 479 g/mol. The molecule has 2 atom stereocenters. The molecule has 3 aromatic carbocycles. The number of nitrogens with zero attached hydrogens (tertiary/aromatic N) is 1. The normalized spacial score (nSPS) is 19.3. The van der Waals surface area contributed by atoms with Gasteiger partial charge in [-0.25, -0.2) is 4.79 Å². The Morgan fingerprint density at radius 1 is 0.829 bits per heavy atom. The summed E-state index contributed by atoms with van der Waals surface area (Å²) in [6.45, 7) is 0.212. The summed E-state index contributed by atoms with van der Waals surface area (Å²) in [4.78, 5) is 14.4. The molecule has 4 rings (SSSR count). The molecule has 0 saturated carbocycles. The smallest absolute Gasteiger partial charge is 0.413 e. The van der Waals surface area contributed by atoms with Gasteiger partial charge in [0.05, 0.1) is 28.4 Å². The number of aliphatic hydroxyl groups is 1. The molecule has 0 aromatic heterocycles. The molecule has 0 spiro atoms. The molecule has 184 valence electrons. The molecule has 1 saturated heterocycles. The Morgan fingerprint density at radius 2 is 1.43 bits per heavy atom. The molecule has 0 unspecified atom stereocenters. The van der Waals surface area contributed by atoms with Crippen molar-refractivity contribution in [1.29, 1.82) is 0 Å². The van der Waals surface area contributed by atoms with E-state index in [1.165, 1.54) is 4.90 Å². The van der Waals surface area contributed by atoms with Crippen molar-refractivity contribution in [2.75, 3.05) is 35.0 Å². The third kappa shape index (κ3) is 4.57. The molecule has 0 aliphatic carbocycles. The van der Waals surface area contributed by atoms with Gasteiger partial charge < -0.3 is 28.8 Å².